The summed E-state index contributed by atoms with van der Waals surface area (Å²) in [5.74, 6) is 1.19. The molecule has 0 aromatic heterocycles. The molecule has 0 saturated carbocycles. The Morgan fingerprint density at radius 2 is 1.89 bits per heavy atom. The van der Waals surface area contributed by atoms with E-state index in [1.54, 1.807) is 31.1 Å². The van der Waals surface area contributed by atoms with E-state index in [0.717, 1.165) is 0 Å². The van der Waals surface area contributed by atoms with E-state index in [4.69, 9.17) is 14.2 Å². The summed E-state index contributed by atoms with van der Waals surface area (Å²) >= 11 is 0. The van der Waals surface area contributed by atoms with Crippen LogP contribution in [0.4, 0.5) is 0 Å². The summed E-state index contributed by atoms with van der Waals surface area (Å²) in [5.41, 5.74) is 0. The monoisotopic (exact) mass is 265 g/mol. The Balaban J connectivity index is 1.99. The number of rotatable bonds is 4. The molecule has 1 fully saturated rings. The average Bonchev–Trinajstić information content (AvgIpc) is 2.48. The number of carbonyl (C=O) groups is 1. The number of methoxy groups -OCH3 is 1. The number of ether oxygens (including phenoxy) is 3. The van der Waals surface area contributed by atoms with Crippen LogP contribution in [0.1, 0.15) is 6.92 Å². The molecule has 1 atom stereocenters. The molecule has 0 N–H and O–H groups in total. The van der Waals surface area contributed by atoms with E-state index in [1.807, 2.05) is 12.1 Å². The molecule has 5 nitrogen and oxygen atoms in total. The number of morpholine rings is 1. The first-order valence-electron chi connectivity index (χ1n) is 6.38. The lowest BCUT2D eigenvalue weighted by atomic mass is 10.3. The molecule has 1 heterocycles. The van der Waals surface area contributed by atoms with Crippen LogP contribution in [0, 0.1) is 0 Å². The van der Waals surface area contributed by atoms with E-state index >= 15 is 0 Å². The fourth-order valence-corrected chi connectivity index (χ4v) is 2.00. The molecule has 104 valence electrons. The van der Waals surface area contributed by atoms with Gasteiger partial charge in [0.15, 0.2) is 17.6 Å². The van der Waals surface area contributed by atoms with Crippen molar-refractivity contribution in [2.45, 2.75) is 13.0 Å². The van der Waals surface area contributed by atoms with E-state index in [-0.39, 0.29) is 5.91 Å². The minimum atomic E-state index is -0.533. The number of nitrogens with zero attached hydrogens (tertiary/aromatic N) is 1. The second-order valence-electron chi connectivity index (χ2n) is 4.35. The van der Waals surface area contributed by atoms with Crippen molar-refractivity contribution in [2.75, 3.05) is 33.4 Å². The Labute approximate surface area is 113 Å². The summed E-state index contributed by atoms with van der Waals surface area (Å²) in [6.07, 6.45) is -0.533. The van der Waals surface area contributed by atoms with Crippen molar-refractivity contribution in [3.8, 4) is 11.5 Å². The summed E-state index contributed by atoms with van der Waals surface area (Å²) < 4.78 is 16.1. The molecule has 1 aromatic carbocycles. The van der Waals surface area contributed by atoms with E-state index in [0.29, 0.717) is 37.8 Å². The third-order valence-corrected chi connectivity index (χ3v) is 3.04. The predicted octanol–water partition coefficient (Wildman–Crippen LogP) is 1.32. The average molecular weight is 265 g/mol. The van der Waals surface area contributed by atoms with Gasteiger partial charge in [-0.1, -0.05) is 12.1 Å². The van der Waals surface area contributed by atoms with Crippen LogP contribution >= 0.6 is 0 Å². The fourth-order valence-electron chi connectivity index (χ4n) is 2.00. The van der Waals surface area contributed by atoms with Crippen LogP contribution < -0.4 is 9.47 Å². The van der Waals surface area contributed by atoms with E-state index in [1.165, 1.54) is 0 Å². The fraction of sp³-hybridized carbons (Fsp3) is 0.500. The summed E-state index contributed by atoms with van der Waals surface area (Å²) in [4.78, 5) is 14.0. The summed E-state index contributed by atoms with van der Waals surface area (Å²) in [5, 5.41) is 0. The van der Waals surface area contributed by atoms with E-state index < -0.39 is 6.10 Å². The largest absolute Gasteiger partial charge is 0.493 e. The zero-order chi connectivity index (χ0) is 13.7. The molecule has 1 aliphatic rings. The van der Waals surface area contributed by atoms with Crippen LogP contribution in [0.25, 0.3) is 0 Å². The SMILES string of the molecule is COc1ccccc1OC(C)C(=O)N1CCOCC1. The van der Waals surface area contributed by atoms with Gasteiger partial charge in [-0.05, 0) is 19.1 Å². The molecule has 2 rings (SSSR count). The van der Waals surface area contributed by atoms with Crippen molar-refractivity contribution in [3.63, 3.8) is 0 Å². The maximum Gasteiger partial charge on any atom is 0.263 e. The van der Waals surface area contributed by atoms with Crippen LogP contribution in [0.15, 0.2) is 24.3 Å². The van der Waals surface area contributed by atoms with Crippen molar-refractivity contribution < 1.29 is 19.0 Å². The molecular weight excluding hydrogens is 246 g/mol. The molecule has 0 bridgehead atoms. The zero-order valence-corrected chi connectivity index (χ0v) is 11.3. The van der Waals surface area contributed by atoms with Crippen molar-refractivity contribution in [1.82, 2.24) is 4.90 Å². The van der Waals surface area contributed by atoms with Crippen LogP contribution in [0.2, 0.25) is 0 Å². The molecule has 5 heteroatoms. The number of para-hydroxylation sites is 2. The van der Waals surface area contributed by atoms with Gasteiger partial charge in [-0.2, -0.15) is 0 Å². The van der Waals surface area contributed by atoms with Gasteiger partial charge in [0.05, 0.1) is 20.3 Å². The molecule has 1 aliphatic heterocycles. The smallest absolute Gasteiger partial charge is 0.263 e. The molecule has 1 amide bonds. The van der Waals surface area contributed by atoms with Crippen LogP contribution in [0.5, 0.6) is 11.5 Å². The highest BCUT2D eigenvalue weighted by Crippen LogP contribution is 2.27. The van der Waals surface area contributed by atoms with Crippen molar-refractivity contribution in [3.05, 3.63) is 24.3 Å². The first-order chi connectivity index (χ1) is 9.22. The van der Waals surface area contributed by atoms with Crippen molar-refractivity contribution in [2.24, 2.45) is 0 Å². The van der Waals surface area contributed by atoms with Gasteiger partial charge in [0, 0.05) is 13.1 Å². The highest BCUT2D eigenvalue weighted by molar-refractivity contribution is 5.81. The Hall–Kier alpha value is -1.75. The highest BCUT2D eigenvalue weighted by Gasteiger charge is 2.24. The molecule has 0 radical (unpaired) electrons. The maximum absolute atomic E-state index is 12.2. The molecule has 19 heavy (non-hydrogen) atoms. The molecule has 0 aliphatic carbocycles. The first-order valence-corrected chi connectivity index (χ1v) is 6.38. The summed E-state index contributed by atoms with van der Waals surface area (Å²) in [6.45, 7) is 4.18. The van der Waals surface area contributed by atoms with Gasteiger partial charge in [-0.3, -0.25) is 4.79 Å². The molecule has 1 unspecified atom stereocenters. The Bertz CT molecular complexity index is 429. The third-order valence-electron chi connectivity index (χ3n) is 3.04. The number of amides is 1. The molecular formula is C14H19NO4. The maximum atomic E-state index is 12.2. The van der Waals surface area contributed by atoms with Gasteiger partial charge < -0.3 is 19.1 Å². The molecule has 1 aromatic rings. The Morgan fingerprint density at radius 3 is 2.53 bits per heavy atom. The van der Waals surface area contributed by atoms with E-state index in [2.05, 4.69) is 0 Å². The van der Waals surface area contributed by atoms with Crippen LogP contribution in [-0.4, -0.2) is 50.3 Å². The van der Waals surface area contributed by atoms with Crippen LogP contribution in [0.3, 0.4) is 0 Å². The quantitative estimate of drug-likeness (QED) is 0.824. The Kier molecular flexibility index (Phi) is 4.63. The second-order valence-corrected chi connectivity index (χ2v) is 4.35. The normalized spacial score (nSPS) is 16.8. The number of carbonyl (C=O) groups excluding carboxylic acids is 1. The lowest BCUT2D eigenvalue weighted by Gasteiger charge is -2.29. The first kappa shape index (κ1) is 13.7. The number of benzene rings is 1. The van der Waals surface area contributed by atoms with Gasteiger partial charge in [0.2, 0.25) is 0 Å². The number of hydrogen-bond acceptors (Lipinski definition) is 4. The van der Waals surface area contributed by atoms with Crippen LogP contribution in [-0.2, 0) is 9.53 Å². The van der Waals surface area contributed by atoms with Crippen molar-refractivity contribution >= 4 is 5.91 Å². The van der Waals surface area contributed by atoms with Crippen molar-refractivity contribution in [1.29, 1.82) is 0 Å². The summed E-state index contributed by atoms with van der Waals surface area (Å²) in [6, 6.07) is 7.31. The third kappa shape index (κ3) is 3.38. The number of hydrogen-bond donors (Lipinski definition) is 0. The Morgan fingerprint density at radius 1 is 1.26 bits per heavy atom. The zero-order valence-electron chi connectivity index (χ0n) is 11.3. The standard InChI is InChI=1S/C14H19NO4/c1-11(14(16)15-7-9-18-10-8-15)19-13-6-4-3-5-12(13)17-2/h3-6,11H,7-10H2,1-2H3. The van der Waals surface area contributed by atoms with E-state index in [9.17, 15) is 4.79 Å². The minimum Gasteiger partial charge on any atom is -0.493 e. The van der Waals surface area contributed by atoms with Gasteiger partial charge >= 0.3 is 0 Å². The second kappa shape index (κ2) is 6.43. The topological polar surface area (TPSA) is 48.0 Å². The van der Waals surface area contributed by atoms with Gasteiger partial charge in [-0.15, -0.1) is 0 Å². The van der Waals surface area contributed by atoms with Gasteiger partial charge in [-0.25, -0.2) is 0 Å². The lowest BCUT2D eigenvalue weighted by Crippen LogP contribution is -2.46. The van der Waals surface area contributed by atoms with Gasteiger partial charge in [0.25, 0.3) is 5.91 Å². The molecule has 1 saturated heterocycles. The predicted molar refractivity (Wildman–Crippen MR) is 70.5 cm³/mol. The highest BCUT2D eigenvalue weighted by atomic mass is 16.5. The lowest BCUT2D eigenvalue weighted by molar-refractivity contribution is -0.142. The minimum absolute atomic E-state index is 0.0193. The van der Waals surface area contributed by atoms with Gasteiger partial charge in [0.1, 0.15) is 0 Å². The molecule has 0 spiro atoms. The summed E-state index contributed by atoms with van der Waals surface area (Å²) in [7, 11) is 1.58.